The van der Waals surface area contributed by atoms with Crippen LogP contribution in [0, 0.1) is 94.1 Å². The summed E-state index contributed by atoms with van der Waals surface area (Å²) in [4.78, 5) is 14.6. The smallest absolute Gasteiger partial charge is 0.177 e. The number of fused-ring (bicyclic) bond motifs is 8. The Labute approximate surface area is 228 Å². The van der Waals surface area contributed by atoms with E-state index in [0.29, 0.717) is 0 Å². The van der Waals surface area contributed by atoms with E-state index < -0.39 is 112 Å². The fraction of sp³-hybridized carbons (Fsp3) is 0.0714. The SMILES string of the molecule is Cc1c(C)c(F)c2c(c1F)c1c(F)c3nc(C#N)c(C#N)nc3c(F)c1c1c(F)c3nc(C#N)c(C#N)nc3c(F)c21. The molecule has 8 nitrogen and oxygen atoms in total. The number of benzene rings is 4. The molecule has 4 aromatic carbocycles. The molecule has 0 amide bonds. The summed E-state index contributed by atoms with van der Waals surface area (Å²) in [7, 11) is 0. The van der Waals surface area contributed by atoms with Crippen molar-refractivity contribution >= 4 is 54.4 Å². The summed E-state index contributed by atoms with van der Waals surface area (Å²) >= 11 is 0. The maximum Gasteiger partial charge on any atom is 0.177 e. The van der Waals surface area contributed by atoms with Crippen molar-refractivity contribution in [3.05, 3.63) is 68.8 Å². The Hall–Kier alpha value is -6.12. The highest BCUT2D eigenvalue weighted by Gasteiger charge is 2.32. The van der Waals surface area contributed by atoms with Gasteiger partial charge in [0.1, 0.15) is 58.0 Å². The molecule has 0 aliphatic carbocycles. The average Bonchev–Trinajstić information content (AvgIpc) is 3.01. The van der Waals surface area contributed by atoms with Gasteiger partial charge in [-0.2, -0.15) is 21.0 Å². The first kappa shape index (κ1) is 26.1. The van der Waals surface area contributed by atoms with Crippen LogP contribution in [-0.4, -0.2) is 19.9 Å². The lowest BCUT2D eigenvalue weighted by Crippen LogP contribution is -2.07. The lowest BCUT2D eigenvalue weighted by molar-refractivity contribution is 0.599. The molecule has 0 spiro atoms. The predicted molar refractivity (Wildman–Crippen MR) is 133 cm³/mol. The van der Waals surface area contributed by atoms with Gasteiger partial charge in [0.25, 0.3) is 0 Å². The van der Waals surface area contributed by atoms with Crippen LogP contribution in [0.3, 0.4) is 0 Å². The Morgan fingerprint density at radius 3 is 0.762 bits per heavy atom. The van der Waals surface area contributed by atoms with Crippen LogP contribution in [-0.2, 0) is 0 Å². The van der Waals surface area contributed by atoms with Gasteiger partial charge in [-0.1, -0.05) is 0 Å². The second-order valence-electron chi connectivity index (χ2n) is 9.07. The molecule has 2 heterocycles. The fourth-order valence-corrected chi connectivity index (χ4v) is 5.04. The molecule has 0 radical (unpaired) electrons. The van der Waals surface area contributed by atoms with E-state index in [2.05, 4.69) is 19.9 Å². The first-order valence-electron chi connectivity index (χ1n) is 11.6. The predicted octanol–water partition coefficient (Wildman–Crippen LogP) is 5.97. The maximum atomic E-state index is 16.3. The van der Waals surface area contributed by atoms with E-state index in [1.54, 1.807) is 0 Å². The van der Waals surface area contributed by atoms with Crippen molar-refractivity contribution in [1.82, 2.24) is 19.9 Å². The van der Waals surface area contributed by atoms with Gasteiger partial charge in [-0.05, 0) is 25.0 Å². The molecule has 42 heavy (non-hydrogen) atoms. The van der Waals surface area contributed by atoms with Crippen LogP contribution >= 0.6 is 0 Å². The number of halogens is 6. The van der Waals surface area contributed by atoms with Gasteiger partial charge in [0.05, 0.1) is 0 Å². The zero-order chi connectivity index (χ0) is 30.4. The highest BCUT2D eigenvalue weighted by Crippen LogP contribution is 2.46. The highest BCUT2D eigenvalue weighted by atomic mass is 19.1. The van der Waals surface area contributed by atoms with Crippen LogP contribution in [0.25, 0.3) is 54.4 Å². The Morgan fingerprint density at radius 1 is 0.381 bits per heavy atom. The summed E-state index contributed by atoms with van der Waals surface area (Å²) in [6, 6.07) is 5.99. The number of hydrogen-bond donors (Lipinski definition) is 0. The summed E-state index contributed by atoms with van der Waals surface area (Å²) in [5.41, 5.74) is -7.43. The monoisotopic (exact) mass is 568 g/mol. The molecule has 0 aliphatic rings. The molecule has 0 N–H and O–H groups in total. The molecule has 0 unspecified atom stereocenters. The van der Waals surface area contributed by atoms with Gasteiger partial charge in [-0.3, -0.25) is 0 Å². The zero-order valence-electron chi connectivity index (χ0n) is 20.8. The average molecular weight is 568 g/mol. The summed E-state index contributed by atoms with van der Waals surface area (Å²) in [6.45, 7) is 2.27. The van der Waals surface area contributed by atoms with E-state index in [1.807, 2.05) is 0 Å². The number of aromatic nitrogens is 4. The second kappa shape index (κ2) is 8.69. The fourth-order valence-electron chi connectivity index (χ4n) is 5.04. The number of nitrogens with zero attached hydrogens (tertiary/aromatic N) is 8. The van der Waals surface area contributed by atoms with Gasteiger partial charge in [0.2, 0.25) is 0 Å². The minimum absolute atomic E-state index is 0.351. The van der Waals surface area contributed by atoms with Crippen molar-refractivity contribution in [2.45, 2.75) is 13.8 Å². The summed E-state index contributed by atoms with van der Waals surface area (Å²) < 4.78 is 97.1. The van der Waals surface area contributed by atoms with E-state index in [-0.39, 0.29) is 11.1 Å². The Bertz CT molecular complexity index is 2320. The standard InChI is InChI=1S/C28H6F6N8/c1-7-8(2)20(30)14-13(19(7)29)15-17(23(33)27-25(21(15)31)39-9(3-35)11(5-37)41-27)18-16(14)22(32)26-28(24(18)34)42-12(6-38)10(4-36)40-26/h1-2H3. The van der Waals surface area contributed by atoms with Crippen LogP contribution in [0.15, 0.2) is 0 Å². The third-order valence-electron chi connectivity index (χ3n) is 7.08. The molecule has 6 aromatic rings. The highest BCUT2D eigenvalue weighted by molar-refractivity contribution is 6.29. The van der Waals surface area contributed by atoms with Gasteiger partial charge in [-0.25, -0.2) is 46.3 Å². The molecule has 200 valence electrons. The minimum Gasteiger partial charge on any atom is -0.229 e. The van der Waals surface area contributed by atoms with Crippen LogP contribution in [0.4, 0.5) is 26.3 Å². The molecule has 0 saturated carbocycles. The van der Waals surface area contributed by atoms with Gasteiger partial charge in [0, 0.05) is 32.3 Å². The zero-order valence-corrected chi connectivity index (χ0v) is 20.8. The summed E-state index contributed by atoms with van der Waals surface area (Å²) in [6.07, 6.45) is 0. The minimum atomic E-state index is -1.60. The van der Waals surface area contributed by atoms with Crippen molar-refractivity contribution in [2.24, 2.45) is 0 Å². The molecule has 0 saturated heterocycles. The van der Waals surface area contributed by atoms with E-state index in [4.69, 9.17) is 0 Å². The molecular formula is C28H6F6N8. The van der Waals surface area contributed by atoms with Gasteiger partial charge in [0.15, 0.2) is 46.0 Å². The van der Waals surface area contributed by atoms with Crippen molar-refractivity contribution in [3.8, 4) is 24.3 Å². The lowest BCUT2D eigenvalue weighted by Gasteiger charge is -2.18. The van der Waals surface area contributed by atoms with Crippen LogP contribution < -0.4 is 0 Å². The normalized spacial score (nSPS) is 11.2. The second-order valence-corrected chi connectivity index (χ2v) is 9.07. The van der Waals surface area contributed by atoms with Gasteiger partial charge >= 0.3 is 0 Å². The van der Waals surface area contributed by atoms with Gasteiger partial charge in [-0.15, -0.1) is 0 Å². The molecule has 14 heteroatoms. The van der Waals surface area contributed by atoms with E-state index in [1.165, 1.54) is 24.3 Å². The van der Waals surface area contributed by atoms with Crippen molar-refractivity contribution in [1.29, 1.82) is 21.0 Å². The lowest BCUT2D eigenvalue weighted by atomic mass is 9.88. The Morgan fingerprint density at radius 2 is 0.571 bits per heavy atom. The molecule has 2 aromatic heterocycles. The molecule has 0 aliphatic heterocycles. The summed E-state index contributed by atoms with van der Waals surface area (Å²) in [5, 5.41) is 31.0. The quantitative estimate of drug-likeness (QED) is 0.124. The largest absolute Gasteiger partial charge is 0.229 e. The van der Waals surface area contributed by atoms with Crippen LogP contribution in [0.1, 0.15) is 33.9 Å². The third-order valence-corrected chi connectivity index (χ3v) is 7.08. The Balaban J connectivity index is 2.11. The van der Waals surface area contributed by atoms with E-state index in [0.717, 1.165) is 13.8 Å². The summed E-state index contributed by atoms with van der Waals surface area (Å²) in [5.74, 6) is -8.91. The van der Waals surface area contributed by atoms with Crippen molar-refractivity contribution < 1.29 is 26.3 Å². The first-order valence-corrected chi connectivity index (χ1v) is 11.6. The van der Waals surface area contributed by atoms with Gasteiger partial charge < -0.3 is 0 Å². The molecule has 6 rings (SSSR count). The molecule has 0 atom stereocenters. The number of rotatable bonds is 0. The van der Waals surface area contributed by atoms with Crippen LogP contribution in [0.5, 0.6) is 0 Å². The van der Waals surface area contributed by atoms with Crippen LogP contribution in [0.2, 0.25) is 0 Å². The topological polar surface area (TPSA) is 147 Å². The molecule has 0 bridgehead atoms. The van der Waals surface area contributed by atoms with Crippen molar-refractivity contribution in [3.63, 3.8) is 0 Å². The molecular weight excluding hydrogens is 562 g/mol. The third kappa shape index (κ3) is 3.03. The van der Waals surface area contributed by atoms with E-state index >= 15 is 26.3 Å². The molecule has 0 fully saturated rings. The number of hydrogen-bond acceptors (Lipinski definition) is 8. The maximum absolute atomic E-state index is 16.3. The van der Waals surface area contributed by atoms with E-state index in [9.17, 15) is 21.0 Å². The first-order chi connectivity index (χ1) is 20.0. The Kier molecular flexibility index (Phi) is 5.40. The number of nitriles is 4. The van der Waals surface area contributed by atoms with Crippen molar-refractivity contribution in [2.75, 3.05) is 0 Å².